The summed E-state index contributed by atoms with van der Waals surface area (Å²) in [6, 6.07) is 12.1. The van der Waals surface area contributed by atoms with E-state index in [4.69, 9.17) is 17.0 Å². The summed E-state index contributed by atoms with van der Waals surface area (Å²) in [5.74, 6) is 0.540. The molecule has 0 amide bonds. The Morgan fingerprint density at radius 3 is 1.85 bits per heavy atom. The van der Waals surface area contributed by atoms with Gasteiger partial charge in [0.25, 0.3) is 0 Å². The van der Waals surface area contributed by atoms with E-state index >= 15 is 0 Å². The first-order valence-corrected chi connectivity index (χ1v) is 16.0. The van der Waals surface area contributed by atoms with Crippen LogP contribution in [0.2, 0.25) is 0 Å². The summed E-state index contributed by atoms with van der Waals surface area (Å²) >= 11 is -0.826. The van der Waals surface area contributed by atoms with E-state index in [1.807, 2.05) is 0 Å². The van der Waals surface area contributed by atoms with Gasteiger partial charge in [-0.05, 0) is 63.1 Å². The Kier molecular flexibility index (Phi) is 7.49. The molecule has 0 fully saturated rings. The first-order valence-electron chi connectivity index (χ1n) is 9.71. The van der Waals surface area contributed by atoms with Gasteiger partial charge in [0.05, 0.1) is 0 Å². The van der Waals surface area contributed by atoms with Crippen LogP contribution in [-0.2, 0) is 31.7 Å². The number of benzene rings is 2. The van der Waals surface area contributed by atoms with E-state index < -0.39 is 20.8 Å². The average molecular weight is 483 g/mol. The zero-order valence-electron chi connectivity index (χ0n) is 17.9. The van der Waals surface area contributed by atoms with Crippen molar-refractivity contribution in [2.24, 2.45) is 0 Å². The van der Waals surface area contributed by atoms with Gasteiger partial charge in [0.2, 0.25) is 0 Å². The van der Waals surface area contributed by atoms with E-state index in [0.29, 0.717) is 5.92 Å². The predicted octanol–water partition coefficient (Wildman–Crippen LogP) is 8.49. The number of rotatable bonds is 1. The molecule has 0 radical (unpaired) electrons. The Morgan fingerprint density at radius 2 is 1.37 bits per heavy atom. The van der Waals surface area contributed by atoms with Crippen molar-refractivity contribution >= 4 is 17.0 Å². The van der Waals surface area contributed by atoms with Crippen LogP contribution >= 0.6 is 17.0 Å². The molecule has 1 aliphatic rings. The van der Waals surface area contributed by atoms with Gasteiger partial charge in [-0.3, -0.25) is 0 Å². The molecule has 0 nitrogen and oxygen atoms in total. The van der Waals surface area contributed by atoms with Crippen molar-refractivity contribution in [2.45, 2.75) is 78.6 Å². The first-order chi connectivity index (χ1) is 12.5. The number of hydrogen-bond donors (Lipinski definition) is 0. The molecule has 146 valence electrons. The molecule has 0 heterocycles. The van der Waals surface area contributed by atoms with Crippen molar-refractivity contribution in [3.05, 3.63) is 58.1 Å². The van der Waals surface area contributed by atoms with E-state index in [9.17, 15) is 0 Å². The Bertz CT molecular complexity index is 810. The SMILES string of the molecule is CCC1c2cc(C(C)(C)C)ccc2-c2c(C)cc(C(C)(C)C)cc21.[Cl][Zr][Cl]. The van der Waals surface area contributed by atoms with Crippen LogP contribution in [0.3, 0.4) is 0 Å². The minimum atomic E-state index is -0.826. The molecule has 1 unspecified atom stereocenters. The summed E-state index contributed by atoms with van der Waals surface area (Å²) in [5, 5.41) is 0. The summed E-state index contributed by atoms with van der Waals surface area (Å²) in [5.41, 5.74) is 10.8. The van der Waals surface area contributed by atoms with Crippen LogP contribution in [0, 0.1) is 6.92 Å². The topological polar surface area (TPSA) is 0 Å². The summed E-state index contributed by atoms with van der Waals surface area (Å²) in [7, 11) is 9.87. The molecular formula is C24H32Cl2Zr. The zero-order chi connectivity index (χ0) is 20.6. The van der Waals surface area contributed by atoms with Gasteiger partial charge in [-0.15, -0.1) is 0 Å². The van der Waals surface area contributed by atoms with Crippen LogP contribution in [0.5, 0.6) is 0 Å². The van der Waals surface area contributed by atoms with Crippen molar-refractivity contribution < 1.29 is 20.8 Å². The van der Waals surface area contributed by atoms with Crippen molar-refractivity contribution in [2.75, 3.05) is 0 Å². The van der Waals surface area contributed by atoms with Gasteiger partial charge in [0.15, 0.2) is 0 Å². The summed E-state index contributed by atoms with van der Waals surface area (Å²) in [6.45, 7) is 18.5. The van der Waals surface area contributed by atoms with Gasteiger partial charge >= 0.3 is 37.9 Å². The molecular weight excluding hydrogens is 450 g/mol. The normalized spacial score (nSPS) is 15.6. The van der Waals surface area contributed by atoms with Crippen molar-refractivity contribution in [1.82, 2.24) is 0 Å². The maximum atomic E-state index is 4.93. The summed E-state index contributed by atoms with van der Waals surface area (Å²) in [4.78, 5) is 0. The van der Waals surface area contributed by atoms with Crippen LogP contribution in [0.4, 0.5) is 0 Å². The van der Waals surface area contributed by atoms with Crippen molar-refractivity contribution in [1.29, 1.82) is 0 Å². The van der Waals surface area contributed by atoms with Crippen LogP contribution in [-0.4, -0.2) is 0 Å². The molecule has 0 aromatic heterocycles. The molecule has 1 atom stereocenters. The second kappa shape index (κ2) is 8.73. The third-order valence-electron chi connectivity index (χ3n) is 5.58. The number of hydrogen-bond acceptors (Lipinski definition) is 0. The summed E-state index contributed by atoms with van der Waals surface area (Å²) < 4.78 is 0. The predicted molar refractivity (Wildman–Crippen MR) is 118 cm³/mol. The van der Waals surface area contributed by atoms with E-state index in [0.717, 1.165) is 0 Å². The van der Waals surface area contributed by atoms with Crippen LogP contribution in [0.1, 0.15) is 88.6 Å². The standard InChI is InChI=1S/C24H32.2ClH.Zr/c1-9-18-20-13-16(23(3,4)5)10-11-19(20)22-15(2)12-17(14-21(18)22)24(6,7)8;;;/h10-14,18H,9H2,1-8H3;2*1H;/q;;;+2/p-2. The monoisotopic (exact) mass is 480 g/mol. The van der Waals surface area contributed by atoms with Gasteiger partial charge in [-0.25, -0.2) is 0 Å². The molecule has 2 aromatic rings. The van der Waals surface area contributed by atoms with Gasteiger partial charge < -0.3 is 0 Å². The molecule has 1 aliphatic carbocycles. The van der Waals surface area contributed by atoms with Crippen LogP contribution < -0.4 is 0 Å². The van der Waals surface area contributed by atoms with Gasteiger partial charge in [-0.1, -0.05) is 78.8 Å². The molecule has 0 spiro atoms. The second-order valence-electron chi connectivity index (χ2n) is 9.59. The van der Waals surface area contributed by atoms with Crippen LogP contribution in [0.15, 0.2) is 30.3 Å². The molecule has 3 rings (SSSR count). The average Bonchev–Trinajstić information content (AvgIpc) is 2.87. The molecule has 27 heavy (non-hydrogen) atoms. The zero-order valence-corrected chi connectivity index (χ0v) is 21.9. The Hall–Kier alpha value is -0.0969. The van der Waals surface area contributed by atoms with E-state index in [1.54, 1.807) is 5.56 Å². The molecule has 0 saturated carbocycles. The fourth-order valence-electron chi connectivity index (χ4n) is 4.04. The van der Waals surface area contributed by atoms with Gasteiger partial charge in [0, 0.05) is 5.92 Å². The van der Waals surface area contributed by atoms with Crippen LogP contribution in [0.25, 0.3) is 11.1 Å². The molecule has 0 aliphatic heterocycles. The second-order valence-corrected chi connectivity index (χ2v) is 13.3. The fourth-order valence-corrected chi connectivity index (χ4v) is 4.04. The van der Waals surface area contributed by atoms with Crippen molar-refractivity contribution in [3.63, 3.8) is 0 Å². The van der Waals surface area contributed by atoms with E-state index in [2.05, 4.69) is 85.7 Å². The fraction of sp³-hybridized carbons (Fsp3) is 0.500. The minimum absolute atomic E-state index is 0.198. The maximum absolute atomic E-state index is 4.93. The molecule has 3 heteroatoms. The first kappa shape index (κ1) is 23.2. The van der Waals surface area contributed by atoms with Gasteiger partial charge in [-0.2, -0.15) is 0 Å². The van der Waals surface area contributed by atoms with Crippen molar-refractivity contribution in [3.8, 4) is 11.1 Å². The summed E-state index contributed by atoms with van der Waals surface area (Å²) in [6.07, 6.45) is 1.17. The van der Waals surface area contributed by atoms with E-state index in [1.165, 1.54) is 39.8 Å². The Labute approximate surface area is 184 Å². The third-order valence-corrected chi connectivity index (χ3v) is 5.58. The molecule has 0 saturated heterocycles. The Morgan fingerprint density at radius 1 is 0.852 bits per heavy atom. The molecule has 2 aromatic carbocycles. The molecule has 0 bridgehead atoms. The third kappa shape index (κ3) is 4.91. The van der Waals surface area contributed by atoms with E-state index in [-0.39, 0.29) is 10.8 Å². The van der Waals surface area contributed by atoms with Gasteiger partial charge in [0.1, 0.15) is 0 Å². The Balaban J connectivity index is 0.000000817. The molecule has 0 N–H and O–H groups in total. The number of aryl methyl sites for hydroxylation is 1. The quantitative estimate of drug-likeness (QED) is 0.382. The number of halogens is 2. The number of fused-ring (bicyclic) bond motifs is 3.